The van der Waals surface area contributed by atoms with Gasteiger partial charge in [0.1, 0.15) is 5.69 Å². The lowest BCUT2D eigenvalue weighted by molar-refractivity contribution is 0.0558. The Morgan fingerprint density at radius 1 is 1.08 bits per heavy atom. The molecule has 3 aliphatic heterocycles. The third kappa shape index (κ3) is 4.89. The first kappa shape index (κ1) is 24.6. The third-order valence-electron chi connectivity index (χ3n) is 7.66. The molecule has 3 aromatic rings. The van der Waals surface area contributed by atoms with Crippen molar-refractivity contribution in [3.63, 3.8) is 0 Å². The molecule has 0 saturated carbocycles. The fourth-order valence-corrected chi connectivity index (χ4v) is 5.71. The summed E-state index contributed by atoms with van der Waals surface area (Å²) in [5, 5.41) is 3.12. The molecule has 5 heterocycles. The lowest BCUT2D eigenvalue weighted by Gasteiger charge is -2.42. The summed E-state index contributed by atoms with van der Waals surface area (Å²) in [4.78, 5) is 36.4. The summed E-state index contributed by atoms with van der Waals surface area (Å²) in [6.45, 7) is 11.8. The van der Waals surface area contributed by atoms with Crippen molar-refractivity contribution in [2.24, 2.45) is 9.98 Å². The fraction of sp³-hybridized carbons (Fsp3) is 0.367. The van der Waals surface area contributed by atoms with Crippen LogP contribution in [0.25, 0.3) is 11.1 Å². The molecule has 3 aliphatic rings. The Bertz CT molecular complexity index is 1440. The van der Waals surface area contributed by atoms with E-state index in [0.29, 0.717) is 30.9 Å². The van der Waals surface area contributed by atoms with Crippen molar-refractivity contribution in [2.45, 2.75) is 52.5 Å². The molecule has 0 radical (unpaired) electrons. The van der Waals surface area contributed by atoms with Gasteiger partial charge in [-0.3, -0.25) is 29.6 Å². The Morgan fingerprint density at radius 3 is 2.79 bits per heavy atom. The number of rotatable bonds is 6. The number of amides is 1. The molecule has 1 atom stereocenters. The average Bonchev–Trinajstić information content (AvgIpc) is 3.58. The first-order valence-corrected chi connectivity index (χ1v) is 13.4. The molecule has 0 bridgehead atoms. The molecule has 1 amide bonds. The summed E-state index contributed by atoms with van der Waals surface area (Å²) >= 11 is 0. The number of aromatic nitrogens is 2. The zero-order valence-electron chi connectivity index (χ0n) is 22.2. The summed E-state index contributed by atoms with van der Waals surface area (Å²) in [6, 6.07) is 13.0. The number of hydrogen-bond acceptors (Lipinski definition) is 7. The van der Waals surface area contributed by atoms with Gasteiger partial charge in [0.2, 0.25) is 0 Å². The first-order valence-electron chi connectivity index (χ1n) is 13.4. The Kier molecular flexibility index (Phi) is 6.59. The largest absolute Gasteiger partial charge is 0.320 e. The fourth-order valence-electron chi connectivity index (χ4n) is 5.71. The highest BCUT2D eigenvalue weighted by Gasteiger charge is 2.26. The predicted octanol–water partition coefficient (Wildman–Crippen LogP) is 4.18. The topological polar surface area (TPSA) is 86.1 Å². The summed E-state index contributed by atoms with van der Waals surface area (Å²) in [5.41, 5.74) is 8.14. The summed E-state index contributed by atoms with van der Waals surface area (Å²) in [5.74, 6) is -0.219. The van der Waals surface area contributed by atoms with Crippen LogP contribution in [0.1, 0.15) is 59.3 Å². The molecule has 1 saturated heterocycles. The van der Waals surface area contributed by atoms with Crippen LogP contribution >= 0.6 is 0 Å². The molecule has 1 aromatic carbocycles. The molecular weight excluding hydrogens is 474 g/mol. The minimum Gasteiger partial charge on any atom is -0.320 e. The molecule has 1 N–H and O–H groups in total. The molecular formula is C30H33N7O. The Morgan fingerprint density at radius 2 is 1.95 bits per heavy atom. The second-order valence-corrected chi connectivity index (χ2v) is 10.7. The standard InChI is InChI=1S/C30H33N7O/c1-19(2)37-8-7-36(17-20(37)3)18-25-5-4-6-27(34-25)30(38)35-28-11-21(9-23-12-31-15-26(23)28)22-10-24-13-32-16-29(24)33-14-22/h4-6,9-11,13-15,19-20H,7-8,12,16-18H2,1-3H3,(H,35,38). The van der Waals surface area contributed by atoms with Crippen LogP contribution in [0.3, 0.4) is 0 Å². The molecule has 194 valence electrons. The van der Waals surface area contributed by atoms with Gasteiger partial charge >= 0.3 is 0 Å². The van der Waals surface area contributed by atoms with Crippen LogP contribution < -0.4 is 5.32 Å². The van der Waals surface area contributed by atoms with Gasteiger partial charge in [0.05, 0.1) is 30.2 Å². The van der Waals surface area contributed by atoms with E-state index >= 15 is 0 Å². The van der Waals surface area contributed by atoms with Crippen molar-refractivity contribution in [2.75, 3.05) is 25.0 Å². The van der Waals surface area contributed by atoms with Crippen molar-refractivity contribution in [3.8, 4) is 11.1 Å². The van der Waals surface area contributed by atoms with Gasteiger partial charge < -0.3 is 5.32 Å². The van der Waals surface area contributed by atoms with E-state index in [2.05, 4.69) is 63.0 Å². The number of carbonyl (C=O) groups excluding carboxylic acids is 1. The molecule has 0 aliphatic carbocycles. The van der Waals surface area contributed by atoms with Crippen LogP contribution in [0, 0.1) is 0 Å². The molecule has 0 spiro atoms. The van der Waals surface area contributed by atoms with Crippen LogP contribution in [-0.4, -0.2) is 69.8 Å². The normalized spacial score (nSPS) is 18.7. The van der Waals surface area contributed by atoms with Crippen LogP contribution in [-0.2, 0) is 19.6 Å². The Hall–Kier alpha value is -3.75. The van der Waals surface area contributed by atoms with Gasteiger partial charge in [-0.2, -0.15) is 0 Å². The lowest BCUT2D eigenvalue weighted by atomic mass is 9.98. The van der Waals surface area contributed by atoms with E-state index in [1.807, 2.05) is 36.8 Å². The zero-order chi connectivity index (χ0) is 26.2. The number of aliphatic imine (C=N–C) groups is 2. The van der Waals surface area contributed by atoms with Crippen molar-refractivity contribution in [3.05, 3.63) is 76.4 Å². The summed E-state index contributed by atoms with van der Waals surface area (Å²) < 4.78 is 0. The van der Waals surface area contributed by atoms with Crippen LogP contribution in [0.15, 0.2) is 52.6 Å². The minimum absolute atomic E-state index is 0.219. The minimum atomic E-state index is -0.219. The van der Waals surface area contributed by atoms with Gasteiger partial charge in [-0.1, -0.05) is 6.07 Å². The predicted molar refractivity (Wildman–Crippen MR) is 151 cm³/mol. The molecule has 8 nitrogen and oxygen atoms in total. The van der Waals surface area contributed by atoms with Gasteiger partial charge in [-0.25, -0.2) is 4.98 Å². The molecule has 1 fully saturated rings. The number of benzene rings is 1. The number of pyridine rings is 2. The van der Waals surface area contributed by atoms with E-state index < -0.39 is 0 Å². The quantitative estimate of drug-likeness (QED) is 0.541. The Labute approximate surface area is 223 Å². The average molecular weight is 508 g/mol. The van der Waals surface area contributed by atoms with E-state index in [0.717, 1.165) is 71.1 Å². The maximum absolute atomic E-state index is 13.4. The maximum atomic E-state index is 13.4. The molecule has 6 rings (SSSR count). The van der Waals surface area contributed by atoms with Crippen molar-refractivity contribution >= 4 is 24.0 Å². The monoisotopic (exact) mass is 507 g/mol. The highest BCUT2D eigenvalue weighted by Crippen LogP contribution is 2.32. The molecule has 8 heteroatoms. The number of fused-ring (bicyclic) bond motifs is 2. The van der Waals surface area contributed by atoms with Crippen molar-refractivity contribution in [1.82, 2.24) is 19.8 Å². The number of anilines is 1. The van der Waals surface area contributed by atoms with Crippen LogP contribution in [0.4, 0.5) is 5.69 Å². The lowest BCUT2D eigenvalue weighted by Crippen LogP contribution is -2.53. The smallest absolute Gasteiger partial charge is 0.274 e. The van der Waals surface area contributed by atoms with Gasteiger partial charge in [0.15, 0.2) is 0 Å². The second-order valence-electron chi connectivity index (χ2n) is 10.7. The highest BCUT2D eigenvalue weighted by molar-refractivity contribution is 6.07. The molecule has 1 unspecified atom stereocenters. The van der Waals surface area contributed by atoms with E-state index in [4.69, 9.17) is 4.98 Å². The molecule has 2 aromatic heterocycles. The maximum Gasteiger partial charge on any atom is 0.274 e. The third-order valence-corrected chi connectivity index (χ3v) is 7.66. The van der Waals surface area contributed by atoms with Gasteiger partial charge in [0, 0.05) is 73.6 Å². The number of hydrogen-bond donors (Lipinski definition) is 1. The Balaban J connectivity index is 1.20. The SMILES string of the molecule is CC(C)N1CCN(Cc2cccc(C(=O)Nc3cc(-c4cnc5c(c4)C=NC5)cc4c3C=NC4)n2)CC1C. The van der Waals surface area contributed by atoms with Crippen molar-refractivity contribution < 1.29 is 4.79 Å². The van der Waals surface area contributed by atoms with E-state index in [1.165, 1.54) is 0 Å². The number of piperazine rings is 1. The van der Waals surface area contributed by atoms with Gasteiger partial charge in [-0.15, -0.1) is 0 Å². The number of nitrogens with one attached hydrogen (secondary N) is 1. The van der Waals surface area contributed by atoms with E-state index in [1.54, 1.807) is 6.07 Å². The first-order chi connectivity index (χ1) is 18.4. The van der Waals surface area contributed by atoms with E-state index in [9.17, 15) is 4.79 Å². The summed E-state index contributed by atoms with van der Waals surface area (Å²) in [7, 11) is 0. The van der Waals surface area contributed by atoms with Crippen LogP contribution in [0.5, 0.6) is 0 Å². The van der Waals surface area contributed by atoms with Crippen molar-refractivity contribution in [1.29, 1.82) is 0 Å². The van der Waals surface area contributed by atoms with Crippen LogP contribution in [0.2, 0.25) is 0 Å². The highest BCUT2D eigenvalue weighted by atomic mass is 16.1. The second kappa shape index (κ2) is 10.2. The van der Waals surface area contributed by atoms with Gasteiger partial charge in [-0.05, 0) is 62.2 Å². The van der Waals surface area contributed by atoms with Gasteiger partial charge in [0.25, 0.3) is 5.91 Å². The van der Waals surface area contributed by atoms with E-state index in [-0.39, 0.29) is 5.91 Å². The zero-order valence-corrected chi connectivity index (χ0v) is 22.2. The summed E-state index contributed by atoms with van der Waals surface area (Å²) in [6.07, 6.45) is 5.59. The number of nitrogens with zero attached hydrogens (tertiary/aromatic N) is 6. The molecule has 38 heavy (non-hydrogen) atoms. The number of carbonyl (C=O) groups is 1.